The predicted molar refractivity (Wildman–Crippen MR) is 62.3 cm³/mol. The Morgan fingerprint density at radius 2 is 2.26 bits per heavy atom. The molecule has 0 aliphatic carbocycles. The summed E-state index contributed by atoms with van der Waals surface area (Å²) in [7, 11) is 0. The number of anilines is 1. The van der Waals surface area contributed by atoms with Crippen LogP contribution in [-0.2, 0) is 9.53 Å². The number of hydrogen-bond acceptors (Lipinski definition) is 4. The maximum absolute atomic E-state index is 13.6. The molecule has 1 aromatic rings. The first kappa shape index (κ1) is 13.4. The lowest BCUT2D eigenvalue weighted by Gasteiger charge is -2.22. The molecule has 0 saturated carbocycles. The second kappa shape index (κ2) is 5.73. The predicted octanol–water partition coefficient (Wildman–Crippen LogP) is 0.763. The van der Waals surface area contributed by atoms with E-state index in [1.165, 1.54) is 6.07 Å². The third kappa shape index (κ3) is 3.05. The first-order valence-electron chi connectivity index (χ1n) is 5.64. The van der Waals surface area contributed by atoms with E-state index in [2.05, 4.69) is 10.6 Å². The van der Waals surface area contributed by atoms with Crippen molar-refractivity contribution in [1.82, 2.24) is 5.32 Å². The first-order chi connectivity index (χ1) is 9.11. The molecule has 1 fully saturated rings. The van der Waals surface area contributed by atoms with E-state index < -0.39 is 29.2 Å². The third-order valence-corrected chi connectivity index (χ3v) is 2.66. The minimum absolute atomic E-state index is 0.310. The summed E-state index contributed by atoms with van der Waals surface area (Å²) < 4.78 is 32.1. The molecule has 5 nitrogen and oxygen atoms in total. The second-order valence-corrected chi connectivity index (χ2v) is 3.98. The van der Waals surface area contributed by atoms with Crippen molar-refractivity contribution in [3.8, 4) is 6.07 Å². The van der Waals surface area contributed by atoms with Crippen LogP contribution >= 0.6 is 0 Å². The van der Waals surface area contributed by atoms with Crippen molar-refractivity contribution < 1.29 is 18.3 Å². The number of amides is 1. The minimum atomic E-state index is -0.887. The number of benzene rings is 1. The molecule has 100 valence electrons. The van der Waals surface area contributed by atoms with Crippen LogP contribution in [0.4, 0.5) is 14.5 Å². The molecule has 1 heterocycles. The zero-order valence-corrected chi connectivity index (χ0v) is 9.87. The number of hydrogen-bond donors (Lipinski definition) is 2. The highest BCUT2D eigenvalue weighted by molar-refractivity contribution is 5.94. The highest BCUT2D eigenvalue weighted by Gasteiger charge is 2.23. The monoisotopic (exact) mass is 267 g/mol. The summed E-state index contributed by atoms with van der Waals surface area (Å²) in [5, 5.41) is 13.7. The van der Waals surface area contributed by atoms with Gasteiger partial charge in [0.25, 0.3) is 5.91 Å². The van der Waals surface area contributed by atoms with Gasteiger partial charge >= 0.3 is 0 Å². The molecule has 1 amide bonds. The summed E-state index contributed by atoms with van der Waals surface area (Å²) in [6.07, 6.45) is -0.744. The Hall–Kier alpha value is -2.04. The zero-order valence-electron chi connectivity index (χ0n) is 9.87. The molecule has 1 aliphatic heterocycles. The standard InChI is InChI=1S/C12H11F2N3O2/c13-8-4-10(9(14)3-7(8)5-15)17-12(18)11-6-16-1-2-19-11/h3-4,11,16H,1-2,6H2,(H,17,18)/t11-/m1/s1. The van der Waals surface area contributed by atoms with E-state index in [1.807, 2.05) is 0 Å². The SMILES string of the molecule is N#Cc1cc(F)c(NC(=O)[C@H]2CNCCO2)cc1F. The van der Waals surface area contributed by atoms with Gasteiger partial charge in [-0.2, -0.15) is 5.26 Å². The summed E-state index contributed by atoms with van der Waals surface area (Å²) in [4.78, 5) is 11.8. The highest BCUT2D eigenvalue weighted by Crippen LogP contribution is 2.19. The van der Waals surface area contributed by atoms with E-state index in [0.29, 0.717) is 19.7 Å². The van der Waals surface area contributed by atoms with Gasteiger partial charge in [-0.15, -0.1) is 0 Å². The molecule has 1 aliphatic rings. The Bertz CT molecular complexity index is 537. The van der Waals surface area contributed by atoms with Gasteiger partial charge in [0.2, 0.25) is 0 Å². The van der Waals surface area contributed by atoms with Gasteiger partial charge in [-0.05, 0) is 6.07 Å². The van der Waals surface area contributed by atoms with Crippen molar-refractivity contribution in [3.05, 3.63) is 29.3 Å². The highest BCUT2D eigenvalue weighted by atomic mass is 19.1. The third-order valence-electron chi connectivity index (χ3n) is 2.66. The smallest absolute Gasteiger partial charge is 0.254 e. The van der Waals surface area contributed by atoms with Gasteiger partial charge in [-0.1, -0.05) is 0 Å². The fraction of sp³-hybridized carbons (Fsp3) is 0.333. The summed E-state index contributed by atoms with van der Waals surface area (Å²) >= 11 is 0. The normalized spacial score (nSPS) is 18.7. The Labute approximate surface area is 108 Å². The largest absolute Gasteiger partial charge is 0.366 e. The van der Waals surface area contributed by atoms with Crippen LogP contribution in [0.2, 0.25) is 0 Å². The lowest BCUT2D eigenvalue weighted by atomic mass is 10.2. The van der Waals surface area contributed by atoms with Gasteiger partial charge in [0.05, 0.1) is 17.9 Å². The number of carbonyl (C=O) groups is 1. The van der Waals surface area contributed by atoms with Gasteiger partial charge < -0.3 is 15.4 Å². The van der Waals surface area contributed by atoms with Gasteiger partial charge in [0, 0.05) is 19.2 Å². The fourth-order valence-corrected chi connectivity index (χ4v) is 1.68. The van der Waals surface area contributed by atoms with Crippen LogP contribution in [0, 0.1) is 23.0 Å². The Kier molecular flexibility index (Phi) is 4.04. The Morgan fingerprint density at radius 3 is 2.89 bits per heavy atom. The van der Waals surface area contributed by atoms with Crippen LogP contribution < -0.4 is 10.6 Å². The van der Waals surface area contributed by atoms with Crippen molar-refractivity contribution >= 4 is 11.6 Å². The quantitative estimate of drug-likeness (QED) is 0.829. The number of nitrogens with one attached hydrogen (secondary N) is 2. The number of rotatable bonds is 2. The minimum Gasteiger partial charge on any atom is -0.366 e. The topological polar surface area (TPSA) is 74.2 Å². The van der Waals surface area contributed by atoms with E-state index in [9.17, 15) is 13.6 Å². The van der Waals surface area contributed by atoms with Gasteiger partial charge in [-0.25, -0.2) is 8.78 Å². The van der Waals surface area contributed by atoms with Crippen molar-refractivity contribution in [3.63, 3.8) is 0 Å². The van der Waals surface area contributed by atoms with E-state index in [4.69, 9.17) is 10.00 Å². The van der Waals surface area contributed by atoms with Crippen molar-refractivity contribution in [2.24, 2.45) is 0 Å². The van der Waals surface area contributed by atoms with Crippen LogP contribution in [0.25, 0.3) is 0 Å². The summed E-state index contributed by atoms with van der Waals surface area (Å²) in [5.41, 5.74) is -0.721. The van der Waals surface area contributed by atoms with Crippen LogP contribution in [0.3, 0.4) is 0 Å². The molecule has 1 aromatic carbocycles. The molecule has 2 rings (SSSR count). The second-order valence-electron chi connectivity index (χ2n) is 3.98. The number of ether oxygens (including phenoxy) is 1. The van der Waals surface area contributed by atoms with E-state index in [-0.39, 0.29) is 5.69 Å². The van der Waals surface area contributed by atoms with Gasteiger partial charge in [0.15, 0.2) is 0 Å². The Balaban J connectivity index is 2.12. The molecule has 7 heteroatoms. The molecule has 0 spiro atoms. The molecule has 19 heavy (non-hydrogen) atoms. The van der Waals surface area contributed by atoms with Crippen LogP contribution in [0.5, 0.6) is 0 Å². The van der Waals surface area contributed by atoms with E-state index >= 15 is 0 Å². The summed E-state index contributed by atoms with van der Waals surface area (Å²) in [6, 6.07) is 3.04. The number of nitriles is 1. The van der Waals surface area contributed by atoms with Crippen LogP contribution in [-0.4, -0.2) is 31.7 Å². The van der Waals surface area contributed by atoms with E-state index in [1.54, 1.807) is 0 Å². The van der Waals surface area contributed by atoms with Crippen LogP contribution in [0.15, 0.2) is 12.1 Å². The molecule has 1 atom stereocenters. The molecule has 0 aromatic heterocycles. The van der Waals surface area contributed by atoms with Gasteiger partial charge in [-0.3, -0.25) is 4.79 Å². The maximum atomic E-state index is 13.6. The molecular formula is C12H11F2N3O2. The van der Waals surface area contributed by atoms with E-state index in [0.717, 1.165) is 12.1 Å². The lowest BCUT2D eigenvalue weighted by Crippen LogP contribution is -2.45. The number of halogens is 2. The van der Waals surface area contributed by atoms with Crippen molar-refractivity contribution in [2.45, 2.75) is 6.10 Å². The maximum Gasteiger partial charge on any atom is 0.254 e. The van der Waals surface area contributed by atoms with Gasteiger partial charge in [0.1, 0.15) is 23.8 Å². The average Bonchev–Trinajstić information content (AvgIpc) is 2.43. The zero-order chi connectivity index (χ0) is 13.8. The van der Waals surface area contributed by atoms with Crippen molar-refractivity contribution in [1.29, 1.82) is 5.26 Å². The molecule has 1 saturated heterocycles. The number of carbonyl (C=O) groups excluding carboxylic acids is 1. The number of nitrogens with zero attached hydrogens (tertiary/aromatic N) is 1. The average molecular weight is 267 g/mol. The molecular weight excluding hydrogens is 256 g/mol. The Morgan fingerprint density at radius 1 is 1.47 bits per heavy atom. The molecule has 2 N–H and O–H groups in total. The molecule has 0 bridgehead atoms. The lowest BCUT2D eigenvalue weighted by molar-refractivity contribution is -0.128. The van der Waals surface area contributed by atoms with Crippen LogP contribution in [0.1, 0.15) is 5.56 Å². The first-order valence-corrected chi connectivity index (χ1v) is 5.64. The van der Waals surface area contributed by atoms with Crippen molar-refractivity contribution in [2.75, 3.05) is 25.0 Å². The molecule has 0 unspecified atom stereocenters. The summed E-state index contributed by atoms with van der Waals surface area (Å²) in [5.74, 6) is -2.31. The number of morpholine rings is 1. The molecule has 0 radical (unpaired) electrons. The fourth-order valence-electron chi connectivity index (χ4n) is 1.68. The summed E-state index contributed by atoms with van der Waals surface area (Å²) in [6.45, 7) is 1.33.